The van der Waals surface area contributed by atoms with E-state index in [2.05, 4.69) is 23.3 Å². The van der Waals surface area contributed by atoms with Gasteiger partial charge in [0, 0.05) is 18.3 Å². The van der Waals surface area contributed by atoms with Crippen molar-refractivity contribution in [3.63, 3.8) is 0 Å². The summed E-state index contributed by atoms with van der Waals surface area (Å²) in [5.41, 5.74) is 2.98. The van der Waals surface area contributed by atoms with Crippen LogP contribution in [0.25, 0.3) is 17.2 Å². The molecule has 0 aliphatic rings. The quantitative estimate of drug-likeness (QED) is 0.656. The van der Waals surface area contributed by atoms with E-state index in [0.29, 0.717) is 17.7 Å². The molecular weight excluding hydrogens is 327 g/mol. The van der Waals surface area contributed by atoms with Crippen LogP contribution in [0.4, 0.5) is 4.39 Å². The molecule has 0 aliphatic carbocycles. The van der Waals surface area contributed by atoms with Gasteiger partial charge in [-0.25, -0.2) is 9.37 Å². The summed E-state index contributed by atoms with van der Waals surface area (Å²) in [5.74, 6) is 1.01. The van der Waals surface area contributed by atoms with Gasteiger partial charge in [0.2, 0.25) is 5.88 Å². The van der Waals surface area contributed by atoms with E-state index >= 15 is 0 Å². The number of pyridine rings is 1. The molecule has 0 radical (unpaired) electrons. The Hall–Kier alpha value is -2.98. The van der Waals surface area contributed by atoms with E-state index in [1.165, 1.54) is 12.1 Å². The van der Waals surface area contributed by atoms with Crippen LogP contribution in [-0.4, -0.2) is 18.1 Å². The SMILES string of the molecule is CN[C@@H](C)/C=C/c1ccc(Oc2ccc(-c3ccc(F)cc3)cc2)nc1. The molecule has 1 N–H and O–H groups in total. The van der Waals surface area contributed by atoms with Gasteiger partial charge in [-0.3, -0.25) is 0 Å². The van der Waals surface area contributed by atoms with Gasteiger partial charge in [0.1, 0.15) is 11.6 Å². The fraction of sp³-hybridized carbons (Fsp3) is 0.136. The van der Waals surface area contributed by atoms with Crippen LogP contribution in [0.3, 0.4) is 0 Å². The zero-order chi connectivity index (χ0) is 18.4. The maximum atomic E-state index is 13.0. The van der Waals surface area contributed by atoms with Gasteiger partial charge >= 0.3 is 0 Å². The third-order valence-corrected chi connectivity index (χ3v) is 4.05. The number of nitrogens with one attached hydrogen (secondary N) is 1. The van der Waals surface area contributed by atoms with E-state index in [1.807, 2.05) is 49.5 Å². The molecule has 3 aromatic rings. The first-order valence-electron chi connectivity index (χ1n) is 8.49. The molecular formula is C22H21FN2O. The third-order valence-electron chi connectivity index (χ3n) is 4.05. The second-order valence-corrected chi connectivity index (χ2v) is 6.00. The van der Waals surface area contributed by atoms with Crippen molar-refractivity contribution in [1.29, 1.82) is 0 Å². The molecule has 1 aromatic heterocycles. The molecule has 0 amide bonds. The van der Waals surface area contributed by atoms with Crippen LogP contribution in [0.5, 0.6) is 11.6 Å². The first-order chi connectivity index (χ1) is 12.6. The normalized spacial score (nSPS) is 12.3. The Morgan fingerprint density at radius 3 is 2.19 bits per heavy atom. The highest BCUT2D eigenvalue weighted by Gasteiger charge is 2.02. The minimum Gasteiger partial charge on any atom is -0.439 e. The molecule has 3 rings (SSSR count). The van der Waals surface area contributed by atoms with Gasteiger partial charge in [-0.1, -0.05) is 36.4 Å². The topological polar surface area (TPSA) is 34.1 Å². The molecule has 0 saturated carbocycles. The molecule has 132 valence electrons. The standard InChI is InChI=1S/C22H21FN2O/c1-16(24-2)3-4-17-5-14-22(25-15-17)26-21-12-8-19(9-13-21)18-6-10-20(23)11-7-18/h3-16,24H,1-2H3/b4-3+/t16-/m0/s1. The average Bonchev–Trinajstić information content (AvgIpc) is 2.68. The highest BCUT2D eigenvalue weighted by Crippen LogP contribution is 2.25. The molecule has 3 nitrogen and oxygen atoms in total. The van der Waals surface area contributed by atoms with Crippen LogP contribution in [0.2, 0.25) is 0 Å². The second-order valence-electron chi connectivity index (χ2n) is 6.00. The number of nitrogens with zero attached hydrogens (tertiary/aromatic N) is 1. The average molecular weight is 348 g/mol. The third kappa shape index (κ3) is 4.77. The second kappa shape index (κ2) is 8.41. The first-order valence-corrected chi connectivity index (χ1v) is 8.49. The van der Waals surface area contributed by atoms with E-state index in [-0.39, 0.29) is 5.82 Å². The summed E-state index contributed by atoms with van der Waals surface area (Å²) in [6.07, 6.45) is 5.88. The Labute approximate surface area is 153 Å². The van der Waals surface area contributed by atoms with Gasteiger partial charge in [-0.05, 0) is 61.0 Å². The van der Waals surface area contributed by atoms with Gasteiger partial charge in [0.25, 0.3) is 0 Å². The van der Waals surface area contributed by atoms with E-state index in [0.717, 1.165) is 16.7 Å². The van der Waals surface area contributed by atoms with E-state index < -0.39 is 0 Å². The van der Waals surface area contributed by atoms with Crippen molar-refractivity contribution < 1.29 is 9.13 Å². The van der Waals surface area contributed by atoms with Gasteiger partial charge in [0.15, 0.2) is 0 Å². The molecule has 0 unspecified atom stereocenters. The summed E-state index contributed by atoms with van der Waals surface area (Å²) in [7, 11) is 1.92. The molecule has 0 aliphatic heterocycles. The number of likely N-dealkylation sites (N-methyl/N-ethyl adjacent to an activating group) is 1. The zero-order valence-electron chi connectivity index (χ0n) is 14.8. The van der Waals surface area contributed by atoms with E-state index in [1.54, 1.807) is 18.3 Å². The summed E-state index contributed by atoms with van der Waals surface area (Å²) in [6.45, 7) is 2.08. The number of hydrogen-bond donors (Lipinski definition) is 1. The lowest BCUT2D eigenvalue weighted by atomic mass is 10.1. The fourth-order valence-corrected chi connectivity index (χ4v) is 2.38. The predicted octanol–water partition coefficient (Wildman–Crippen LogP) is 5.30. The summed E-state index contributed by atoms with van der Waals surface area (Å²) >= 11 is 0. The van der Waals surface area contributed by atoms with Crippen molar-refractivity contribution in [3.05, 3.63) is 84.3 Å². The summed E-state index contributed by atoms with van der Waals surface area (Å²) in [5, 5.41) is 3.15. The lowest BCUT2D eigenvalue weighted by Crippen LogP contribution is -2.17. The molecule has 0 spiro atoms. The molecule has 2 aromatic carbocycles. The van der Waals surface area contributed by atoms with Gasteiger partial charge in [-0.2, -0.15) is 0 Å². The van der Waals surface area contributed by atoms with Crippen LogP contribution in [0.15, 0.2) is 72.9 Å². The van der Waals surface area contributed by atoms with Gasteiger partial charge in [-0.15, -0.1) is 0 Å². The number of rotatable bonds is 6. The van der Waals surface area contributed by atoms with Crippen LogP contribution >= 0.6 is 0 Å². The van der Waals surface area contributed by atoms with Crippen molar-refractivity contribution in [2.45, 2.75) is 13.0 Å². The fourth-order valence-electron chi connectivity index (χ4n) is 2.38. The lowest BCUT2D eigenvalue weighted by molar-refractivity contribution is 0.463. The number of hydrogen-bond acceptors (Lipinski definition) is 3. The lowest BCUT2D eigenvalue weighted by Gasteiger charge is -2.07. The highest BCUT2D eigenvalue weighted by molar-refractivity contribution is 5.64. The Morgan fingerprint density at radius 2 is 1.62 bits per heavy atom. The largest absolute Gasteiger partial charge is 0.439 e. The number of benzene rings is 2. The highest BCUT2D eigenvalue weighted by atomic mass is 19.1. The summed E-state index contributed by atoms with van der Waals surface area (Å²) < 4.78 is 18.8. The maximum Gasteiger partial charge on any atom is 0.219 e. The van der Waals surface area contributed by atoms with Crippen LogP contribution in [0, 0.1) is 5.82 Å². The number of ether oxygens (including phenoxy) is 1. The Kier molecular flexibility index (Phi) is 5.77. The Morgan fingerprint density at radius 1 is 0.962 bits per heavy atom. The minimum atomic E-state index is -0.238. The van der Waals surface area contributed by atoms with E-state index in [4.69, 9.17) is 4.74 Å². The molecule has 0 fully saturated rings. The van der Waals surface area contributed by atoms with E-state index in [9.17, 15) is 4.39 Å². The molecule has 0 saturated heterocycles. The molecule has 26 heavy (non-hydrogen) atoms. The van der Waals surface area contributed by atoms with Crippen LogP contribution < -0.4 is 10.1 Å². The van der Waals surface area contributed by atoms with Crippen LogP contribution in [0.1, 0.15) is 12.5 Å². The predicted molar refractivity (Wildman–Crippen MR) is 104 cm³/mol. The van der Waals surface area contributed by atoms with Crippen molar-refractivity contribution in [2.75, 3.05) is 7.05 Å². The monoisotopic (exact) mass is 348 g/mol. The summed E-state index contributed by atoms with van der Waals surface area (Å²) in [6, 6.07) is 18.2. The Balaban J connectivity index is 1.65. The van der Waals surface area contributed by atoms with Crippen molar-refractivity contribution in [3.8, 4) is 22.8 Å². The number of aromatic nitrogens is 1. The van der Waals surface area contributed by atoms with Gasteiger partial charge < -0.3 is 10.1 Å². The zero-order valence-corrected chi connectivity index (χ0v) is 14.8. The minimum absolute atomic E-state index is 0.238. The van der Waals surface area contributed by atoms with Gasteiger partial charge in [0.05, 0.1) is 0 Å². The Bertz CT molecular complexity index is 856. The maximum absolute atomic E-state index is 13.0. The molecule has 1 atom stereocenters. The van der Waals surface area contributed by atoms with Crippen molar-refractivity contribution >= 4 is 6.08 Å². The molecule has 4 heteroatoms. The molecule has 0 bridgehead atoms. The first kappa shape index (κ1) is 17.8. The van der Waals surface area contributed by atoms with Crippen LogP contribution in [-0.2, 0) is 0 Å². The van der Waals surface area contributed by atoms with Crippen molar-refractivity contribution in [1.82, 2.24) is 10.3 Å². The van der Waals surface area contributed by atoms with Crippen molar-refractivity contribution in [2.24, 2.45) is 0 Å². The molecule has 1 heterocycles. The summed E-state index contributed by atoms with van der Waals surface area (Å²) in [4.78, 5) is 4.33. The number of halogens is 1. The smallest absolute Gasteiger partial charge is 0.219 e.